The zero-order valence-corrected chi connectivity index (χ0v) is 14.2. The Kier molecular flexibility index (Phi) is 4.41. The Morgan fingerprint density at radius 1 is 1.24 bits per heavy atom. The number of rotatable bonds is 4. The van der Waals surface area contributed by atoms with Gasteiger partial charge in [0.15, 0.2) is 0 Å². The van der Waals surface area contributed by atoms with Gasteiger partial charge in [0.05, 0.1) is 5.69 Å². The molecular formula is C19H19FN4O. The third kappa shape index (κ3) is 3.31. The Hall–Kier alpha value is -2.94. The monoisotopic (exact) mass is 338 g/mol. The fraction of sp³-hybridized carbons (Fsp3) is 0.316. The van der Waals surface area contributed by atoms with Gasteiger partial charge in [-0.25, -0.2) is 4.39 Å². The number of hydrogen-bond acceptors (Lipinski definition) is 3. The van der Waals surface area contributed by atoms with Crippen LogP contribution in [0.25, 0.3) is 4.85 Å². The van der Waals surface area contributed by atoms with Crippen molar-refractivity contribution >= 4 is 23.1 Å². The number of benzene rings is 1. The molecule has 0 bridgehead atoms. The van der Waals surface area contributed by atoms with Crippen LogP contribution in [0.15, 0.2) is 30.5 Å². The van der Waals surface area contributed by atoms with Crippen molar-refractivity contribution in [3.05, 3.63) is 58.8 Å². The van der Waals surface area contributed by atoms with Crippen molar-refractivity contribution in [2.24, 2.45) is 0 Å². The number of carbonyl (C=O) groups excluding carboxylic acids is 1. The highest BCUT2D eigenvalue weighted by molar-refractivity contribution is 6.00. The first-order valence-corrected chi connectivity index (χ1v) is 8.13. The molecule has 128 valence electrons. The molecule has 1 heterocycles. The van der Waals surface area contributed by atoms with Crippen molar-refractivity contribution in [2.75, 3.05) is 10.6 Å². The lowest BCUT2D eigenvalue weighted by atomic mass is 9.75. The number of halogens is 1. The minimum Gasteiger partial charge on any atom is -0.371 e. The minimum atomic E-state index is -0.742. The van der Waals surface area contributed by atoms with Gasteiger partial charge in [0.25, 0.3) is 5.82 Å². The number of aromatic nitrogens is 1. The standard InChI is InChI=1S/C19H19FN4O/c1-12-5-6-14(10-16(12)20)24-19(7-4-8-19)18(25)23-15-9-13(2)17(21-3)22-11-15/h5-6,9-11,24H,4,7-8H2,1-2H3,(H,23,25). The van der Waals surface area contributed by atoms with E-state index in [0.717, 1.165) is 6.42 Å². The summed E-state index contributed by atoms with van der Waals surface area (Å²) in [7, 11) is 0. The van der Waals surface area contributed by atoms with Crippen LogP contribution < -0.4 is 10.6 Å². The lowest BCUT2D eigenvalue weighted by Gasteiger charge is -2.41. The number of pyridine rings is 1. The summed E-state index contributed by atoms with van der Waals surface area (Å²) in [6.45, 7) is 10.5. The predicted octanol–water partition coefficient (Wildman–Crippen LogP) is 4.36. The highest BCUT2D eigenvalue weighted by Crippen LogP contribution is 2.37. The summed E-state index contributed by atoms with van der Waals surface area (Å²) in [5.74, 6) is -0.143. The van der Waals surface area contributed by atoms with E-state index >= 15 is 0 Å². The Morgan fingerprint density at radius 2 is 2.00 bits per heavy atom. The molecule has 1 aromatic heterocycles. The molecule has 0 radical (unpaired) electrons. The fourth-order valence-corrected chi connectivity index (χ4v) is 2.89. The molecule has 1 amide bonds. The first-order chi connectivity index (χ1) is 11.9. The average Bonchev–Trinajstić information content (AvgIpc) is 2.54. The number of carbonyl (C=O) groups is 1. The van der Waals surface area contributed by atoms with Crippen molar-refractivity contribution in [1.82, 2.24) is 4.98 Å². The summed E-state index contributed by atoms with van der Waals surface area (Å²) in [5, 5.41) is 6.06. The third-order valence-electron chi connectivity index (χ3n) is 4.61. The molecule has 0 saturated heterocycles. The van der Waals surface area contributed by atoms with Crippen LogP contribution in [0.5, 0.6) is 0 Å². The zero-order valence-electron chi connectivity index (χ0n) is 14.2. The lowest BCUT2D eigenvalue weighted by Crippen LogP contribution is -2.54. The van der Waals surface area contributed by atoms with Crippen LogP contribution in [0.4, 0.5) is 21.6 Å². The number of nitrogens with zero attached hydrogens (tertiary/aromatic N) is 2. The summed E-state index contributed by atoms with van der Waals surface area (Å²) in [4.78, 5) is 20.1. The smallest absolute Gasteiger partial charge is 0.272 e. The molecule has 1 aliphatic carbocycles. The molecule has 0 spiro atoms. The van der Waals surface area contributed by atoms with Gasteiger partial charge < -0.3 is 15.5 Å². The van der Waals surface area contributed by atoms with E-state index < -0.39 is 5.54 Å². The molecule has 2 N–H and O–H groups in total. The van der Waals surface area contributed by atoms with Crippen LogP contribution in [-0.2, 0) is 4.79 Å². The molecule has 2 aromatic rings. The van der Waals surface area contributed by atoms with Crippen molar-refractivity contribution in [3.63, 3.8) is 0 Å². The number of aryl methyl sites for hydroxylation is 2. The van der Waals surface area contributed by atoms with Crippen LogP contribution >= 0.6 is 0 Å². The molecule has 1 aliphatic rings. The van der Waals surface area contributed by atoms with Crippen LogP contribution in [0.1, 0.15) is 30.4 Å². The molecule has 1 aromatic carbocycles. The minimum absolute atomic E-state index is 0.170. The SMILES string of the molecule is [C-]#[N+]c1ncc(NC(=O)C2(Nc3ccc(C)c(F)c3)CCC2)cc1C. The van der Waals surface area contributed by atoms with Gasteiger partial charge in [-0.2, -0.15) is 0 Å². The van der Waals surface area contributed by atoms with Crippen molar-refractivity contribution in [2.45, 2.75) is 38.6 Å². The van der Waals surface area contributed by atoms with Crippen LogP contribution in [-0.4, -0.2) is 16.4 Å². The van der Waals surface area contributed by atoms with Crippen LogP contribution in [0.3, 0.4) is 0 Å². The van der Waals surface area contributed by atoms with Crippen LogP contribution in [0, 0.1) is 26.2 Å². The average molecular weight is 338 g/mol. The third-order valence-corrected chi connectivity index (χ3v) is 4.61. The molecule has 5 nitrogen and oxygen atoms in total. The Balaban J connectivity index is 1.77. The van der Waals surface area contributed by atoms with E-state index in [0.29, 0.717) is 41.2 Å². The Morgan fingerprint density at radius 3 is 2.56 bits per heavy atom. The first kappa shape index (κ1) is 16.9. The molecule has 6 heteroatoms. The van der Waals surface area contributed by atoms with Crippen molar-refractivity contribution < 1.29 is 9.18 Å². The van der Waals surface area contributed by atoms with E-state index in [4.69, 9.17) is 6.57 Å². The Bertz CT molecular complexity index is 868. The molecule has 1 saturated carbocycles. The van der Waals surface area contributed by atoms with E-state index in [-0.39, 0.29) is 11.7 Å². The van der Waals surface area contributed by atoms with Crippen molar-refractivity contribution in [3.8, 4) is 0 Å². The largest absolute Gasteiger partial charge is 0.371 e. The maximum absolute atomic E-state index is 13.8. The second kappa shape index (κ2) is 6.52. The van der Waals surface area contributed by atoms with E-state index in [2.05, 4.69) is 20.5 Å². The summed E-state index contributed by atoms with van der Waals surface area (Å²) in [5.41, 5.74) is 1.69. The molecule has 25 heavy (non-hydrogen) atoms. The molecule has 0 unspecified atom stereocenters. The van der Waals surface area contributed by atoms with Gasteiger partial charge >= 0.3 is 0 Å². The second-order valence-electron chi connectivity index (χ2n) is 6.46. The first-order valence-electron chi connectivity index (χ1n) is 8.13. The van der Waals surface area contributed by atoms with E-state index in [1.54, 1.807) is 32.0 Å². The quantitative estimate of drug-likeness (QED) is 0.814. The van der Waals surface area contributed by atoms with E-state index in [9.17, 15) is 9.18 Å². The normalized spacial score (nSPS) is 15.0. The summed E-state index contributed by atoms with van der Waals surface area (Å²) < 4.78 is 13.8. The van der Waals surface area contributed by atoms with Gasteiger partial charge in [-0.3, -0.25) is 4.79 Å². The molecule has 0 atom stereocenters. The molecule has 3 rings (SSSR count). The molecular weight excluding hydrogens is 319 g/mol. The van der Waals surface area contributed by atoms with Gasteiger partial charge in [-0.05, 0) is 62.4 Å². The molecule has 0 aliphatic heterocycles. The topological polar surface area (TPSA) is 58.4 Å². The summed E-state index contributed by atoms with van der Waals surface area (Å²) >= 11 is 0. The van der Waals surface area contributed by atoms with Gasteiger partial charge in [-0.1, -0.05) is 12.6 Å². The summed E-state index contributed by atoms with van der Waals surface area (Å²) in [6.07, 6.45) is 3.78. The maximum Gasteiger partial charge on any atom is 0.272 e. The number of anilines is 2. The lowest BCUT2D eigenvalue weighted by molar-refractivity contribution is -0.122. The second-order valence-corrected chi connectivity index (χ2v) is 6.46. The van der Waals surface area contributed by atoms with Crippen molar-refractivity contribution in [1.29, 1.82) is 0 Å². The van der Waals surface area contributed by atoms with Gasteiger partial charge in [-0.15, -0.1) is 4.98 Å². The molecule has 1 fully saturated rings. The van der Waals surface area contributed by atoms with E-state index in [1.165, 1.54) is 12.3 Å². The zero-order chi connectivity index (χ0) is 18.0. The number of amides is 1. The van der Waals surface area contributed by atoms with Gasteiger partial charge in [0, 0.05) is 5.69 Å². The fourth-order valence-electron chi connectivity index (χ4n) is 2.89. The van der Waals surface area contributed by atoms with Gasteiger partial charge in [0.1, 0.15) is 17.6 Å². The number of nitrogens with one attached hydrogen (secondary N) is 2. The highest BCUT2D eigenvalue weighted by atomic mass is 19.1. The highest BCUT2D eigenvalue weighted by Gasteiger charge is 2.44. The van der Waals surface area contributed by atoms with E-state index in [1.807, 2.05) is 0 Å². The van der Waals surface area contributed by atoms with Gasteiger partial charge in [0.2, 0.25) is 5.91 Å². The number of hydrogen-bond donors (Lipinski definition) is 2. The van der Waals surface area contributed by atoms with Crippen LogP contribution in [0.2, 0.25) is 0 Å². The predicted molar refractivity (Wildman–Crippen MR) is 95.2 cm³/mol. The summed E-state index contributed by atoms with van der Waals surface area (Å²) in [6, 6.07) is 6.62. The maximum atomic E-state index is 13.8. The Labute approximate surface area is 146 Å².